The number of imidazole rings is 1. The van der Waals surface area contributed by atoms with Crippen molar-refractivity contribution >= 4 is 23.5 Å². The summed E-state index contributed by atoms with van der Waals surface area (Å²) in [6.45, 7) is 1.74. The van der Waals surface area contributed by atoms with Crippen molar-refractivity contribution in [2.45, 2.75) is 52.6 Å². The topological polar surface area (TPSA) is 211 Å². The number of halogens is 1. The van der Waals surface area contributed by atoms with E-state index in [9.17, 15) is 9.59 Å². The third-order valence-electron chi connectivity index (χ3n) is 8.72. The standard InChI is InChI=1S/C38H37ClN8O9/c1-2-3-16-34-40-35(39)33(24-54-38(49)31-14-7-5-11-28(31)23-56-47(52)53)44(34)21-25-17-19-26(20-18-25)29-12-8-9-15-32(29)36-41-43-45(42-36)37(48)30-13-6-4-10-27(30)22-55-46(50)51/h4-15,17-20,50-53H,2-3,16,21-24H2,1H3. The highest BCUT2D eigenvalue weighted by Crippen LogP contribution is 2.31. The predicted molar refractivity (Wildman–Crippen MR) is 196 cm³/mol. The first-order valence-electron chi connectivity index (χ1n) is 17.3. The zero-order chi connectivity index (χ0) is 39.6. The Bertz CT molecular complexity index is 2280. The maximum Gasteiger partial charge on any atom is 0.338 e. The maximum absolute atomic E-state index is 13.3. The lowest BCUT2D eigenvalue weighted by Crippen LogP contribution is -2.19. The van der Waals surface area contributed by atoms with Gasteiger partial charge in [0.25, 0.3) is 5.91 Å². The first kappa shape index (κ1) is 39.9. The third kappa shape index (κ3) is 9.73. The Morgan fingerprint density at radius 3 is 2.04 bits per heavy atom. The molecule has 2 heterocycles. The van der Waals surface area contributed by atoms with Gasteiger partial charge in [-0.3, -0.25) is 25.6 Å². The highest BCUT2D eigenvalue weighted by atomic mass is 35.5. The molecule has 4 N–H and O–H groups in total. The lowest BCUT2D eigenvalue weighted by atomic mass is 9.98. The Kier molecular flexibility index (Phi) is 13.4. The van der Waals surface area contributed by atoms with E-state index in [-0.39, 0.29) is 41.9 Å². The normalized spacial score (nSPS) is 11.4. The molecule has 17 nitrogen and oxygen atoms in total. The predicted octanol–water partition coefficient (Wildman–Crippen LogP) is 6.32. The second kappa shape index (κ2) is 18.7. The summed E-state index contributed by atoms with van der Waals surface area (Å²) >= 11 is 6.64. The van der Waals surface area contributed by atoms with Crippen molar-refractivity contribution in [2.24, 2.45) is 0 Å². The number of nitrogens with zero attached hydrogens (tertiary/aromatic N) is 8. The van der Waals surface area contributed by atoms with Crippen molar-refractivity contribution in [3.63, 3.8) is 0 Å². The van der Waals surface area contributed by atoms with Crippen molar-refractivity contribution < 1.29 is 44.8 Å². The Morgan fingerprint density at radius 1 is 0.768 bits per heavy atom. The monoisotopic (exact) mass is 784 g/mol. The van der Waals surface area contributed by atoms with E-state index >= 15 is 0 Å². The minimum atomic E-state index is -0.649. The molecular weight excluding hydrogens is 748 g/mol. The number of benzene rings is 4. The van der Waals surface area contributed by atoms with Gasteiger partial charge in [-0.05, 0) is 51.6 Å². The molecule has 56 heavy (non-hydrogen) atoms. The second-order valence-corrected chi connectivity index (χ2v) is 12.7. The largest absolute Gasteiger partial charge is 0.456 e. The van der Waals surface area contributed by atoms with Crippen molar-refractivity contribution in [3.05, 3.63) is 142 Å². The number of rotatable bonds is 17. The maximum atomic E-state index is 13.3. The molecule has 0 atom stereocenters. The van der Waals surface area contributed by atoms with Crippen LogP contribution in [0.1, 0.15) is 68.7 Å². The van der Waals surface area contributed by atoms with Gasteiger partial charge in [0.15, 0.2) is 5.15 Å². The SMILES string of the molecule is CCCCc1nc(Cl)c(COC(=O)c2ccccc2CON(O)O)n1Cc1ccc(-c2ccccc2-c2nnn(C(=O)c3ccccc3CON(O)O)n2)cc1. The molecule has 0 unspecified atom stereocenters. The molecule has 0 aliphatic carbocycles. The lowest BCUT2D eigenvalue weighted by Gasteiger charge is -2.15. The van der Waals surface area contributed by atoms with Crippen LogP contribution in [0.25, 0.3) is 22.5 Å². The van der Waals surface area contributed by atoms with E-state index in [0.29, 0.717) is 35.3 Å². The molecule has 6 rings (SSSR count). The Balaban J connectivity index is 1.21. The smallest absolute Gasteiger partial charge is 0.338 e. The van der Waals surface area contributed by atoms with Crippen LogP contribution in [0.2, 0.25) is 5.15 Å². The van der Waals surface area contributed by atoms with E-state index < -0.39 is 22.7 Å². The van der Waals surface area contributed by atoms with E-state index in [1.165, 1.54) is 0 Å². The second-order valence-electron chi connectivity index (χ2n) is 12.3. The van der Waals surface area contributed by atoms with Gasteiger partial charge in [-0.1, -0.05) is 115 Å². The number of tetrazole rings is 1. The highest BCUT2D eigenvalue weighted by Gasteiger charge is 2.22. The van der Waals surface area contributed by atoms with Gasteiger partial charge in [-0.2, -0.15) is 0 Å². The molecule has 0 bridgehead atoms. The van der Waals surface area contributed by atoms with Gasteiger partial charge in [0.2, 0.25) is 5.82 Å². The number of ether oxygens (including phenoxy) is 1. The van der Waals surface area contributed by atoms with Crippen molar-refractivity contribution in [1.82, 2.24) is 40.5 Å². The van der Waals surface area contributed by atoms with Crippen LogP contribution >= 0.6 is 11.6 Å². The fourth-order valence-corrected chi connectivity index (χ4v) is 6.19. The van der Waals surface area contributed by atoms with Crippen LogP contribution in [0.4, 0.5) is 0 Å². The average Bonchev–Trinajstić information content (AvgIpc) is 3.82. The zero-order valence-corrected chi connectivity index (χ0v) is 30.7. The molecule has 2 aromatic heterocycles. The van der Waals surface area contributed by atoms with Gasteiger partial charge >= 0.3 is 5.97 Å². The van der Waals surface area contributed by atoms with Crippen molar-refractivity contribution in [3.8, 4) is 22.5 Å². The molecule has 0 spiro atoms. The molecule has 0 radical (unpaired) electrons. The van der Waals surface area contributed by atoms with Crippen LogP contribution in [0.3, 0.4) is 0 Å². The first-order chi connectivity index (χ1) is 27.1. The van der Waals surface area contributed by atoms with Crippen molar-refractivity contribution in [1.29, 1.82) is 0 Å². The summed E-state index contributed by atoms with van der Waals surface area (Å²) < 4.78 is 7.64. The number of unbranched alkanes of at least 4 members (excludes halogenated alkanes) is 1. The van der Waals surface area contributed by atoms with Gasteiger partial charge in [-0.15, -0.1) is 10.2 Å². The van der Waals surface area contributed by atoms with Crippen LogP contribution < -0.4 is 0 Å². The molecular formula is C38H37ClN8O9. The fourth-order valence-electron chi connectivity index (χ4n) is 5.94. The summed E-state index contributed by atoms with van der Waals surface area (Å²) in [5, 5.41) is 47.7. The molecule has 0 saturated carbocycles. The van der Waals surface area contributed by atoms with Crippen molar-refractivity contribution in [2.75, 3.05) is 0 Å². The third-order valence-corrected chi connectivity index (χ3v) is 9.02. The van der Waals surface area contributed by atoms with Crippen LogP contribution in [-0.2, 0) is 47.2 Å². The number of aromatic nitrogens is 6. The molecule has 6 aromatic rings. The number of carbonyl (C=O) groups is 2. The van der Waals surface area contributed by atoms with Gasteiger partial charge in [0.1, 0.15) is 12.4 Å². The summed E-state index contributed by atoms with van der Waals surface area (Å²) in [5.41, 5.74) is 4.87. The molecule has 0 amide bonds. The molecule has 0 aliphatic rings. The Labute approximate surface area is 324 Å². The number of esters is 1. The molecule has 290 valence electrons. The van der Waals surface area contributed by atoms with E-state index in [0.717, 1.165) is 40.2 Å². The number of hydrogen-bond acceptors (Lipinski definition) is 15. The number of carbonyl (C=O) groups excluding carboxylic acids is 2. The van der Waals surface area contributed by atoms with E-state index in [2.05, 4.69) is 27.3 Å². The number of hydrogen-bond donors (Lipinski definition) is 4. The molecule has 18 heteroatoms. The summed E-state index contributed by atoms with van der Waals surface area (Å²) in [7, 11) is 0. The van der Waals surface area contributed by atoms with Gasteiger partial charge < -0.3 is 9.30 Å². The lowest BCUT2D eigenvalue weighted by molar-refractivity contribution is -0.497. The summed E-state index contributed by atoms with van der Waals surface area (Å²) in [6, 6.07) is 28.3. The van der Waals surface area contributed by atoms with E-state index in [1.54, 1.807) is 48.5 Å². The Hall–Kier alpha value is -5.73. The molecule has 0 fully saturated rings. The van der Waals surface area contributed by atoms with Crippen LogP contribution in [-0.4, -0.2) is 73.2 Å². The van der Waals surface area contributed by atoms with Crippen LogP contribution in [0.15, 0.2) is 97.1 Å². The van der Waals surface area contributed by atoms with E-state index in [4.69, 9.17) is 46.8 Å². The summed E-state index contributed by atoms with van der Waals surface area (Å²) in [6.07, 6.45) is 2.47. The summed E-state index contributed by atoms with van der Waals surface area (Å²) in [4.78, 5) is 41.4. The first-order valence-corrected chi connectivity index (χ1v) is 17.7. The highest BCUT2D eigenvalue weighted by molar-refractivity contribution is 6.30. The molecule has 0 saturated heterocycles. The molecule has 0 aliphatic heterocycles. The van der Waals surface area contributed by atoms with Gasteiger partial charge in [0, 0.05) is 24.1 Å². The zero-order valence-electron chi connectivity index (χ0n) is 30.0. The molecule has 4 aromatic carbocycles. The fraction of sp³-hybridized carbons (Fsp3) is 0.211. The van der Waals surface area contributed by atoms with Gasteiger partial charge in [-0.25, -0.2) is 19.5 Å². The minimum Gasteiger partial charge on any atom is -0.456 e. The number of aryl methyl sites for hydroxylation is 1. The minimum absolute atomic E-state index is 0.164. The van der Waals surface area contributed by atoms with Crippen LogP contribution in [0, 0.1) is 0 Å². The quantitative estimate of drug-likeness (QED) is 0.0589. The van der Waals surface area contributed by atoms with E-state index in [1.807, 2.05) is 53.1 Å². The average molecular weight is 785 g/mol. The van der Waals surface area contributed by atoms with Gasteiger partial charge in [0.05, 0.1) is 35.3 Å². The summed E-state index contributed by atoms with van der Waals surface area (Å²) in [5.74, 6) is -0.269. The Morgan fingerprint density at radius 2 is 1.38 bits per heavy atom. The van der Waals surface area contributed by atoms with Crippen LogP contribution in [0.5, 0.6) is 0 Å².